The van der Waals surface area contributed by atoms with Gasteiger partial charge in [-0.05, 0) is 24.3 Å². The van der Waals surface area contributed by atoms with E-state index >= 15 is 0 Å². The lowest BCUT2D eigenvalue weighted by molar-refractivity contribution is 0.0729. The molecule has 0 atom stereocenters. The standard InChI is InChI=1S/C13H9ClO4/c14-10-4-2-1-3-9(10)13(17)18-12-6-5-8(15)7-11(12)16/h1-7,15-16H. The second-order valence-corrected chi connectivity index (χ2v) is 3.93. The molecule has 0 radical (unpaired) electrons. The molecule has 0 fully saturated rings. The molecule has 5 heteroatoms. The van der Waals surface area contributed by atoms with E-state index < -0.39 is 5.97 Å². The smallest absolute Gasteiger partial charge is 0.345 e. The Balaban J connectivity index is 2.24. The van der Waals surface area contributed by atoms with Crippen LogP contribution < -0.4 is 4.74 Å². The Hall–Kier alpha value is -2.20. The molecule has 0 bridgehead atoms. The Morgan fingerprint density at radius 1 is 1.11 bits per heavy atom. The number of hydrogen-bond donors (Lipinski definition) is 2. The molecule has 0 aliphatic heterocycles. The number of carbonyl (C=O) groups is 1. The molecule has 0 saturated carbocycles. The summed E-state index contributed by atoms with van der Waals surface area (Å²) in [6.07, 6.45) is 0. The first-order valence-electron chi connectivity index (χ1n) is 5.06. The molecule has 2 rings (SSSR count). The number of esters is 1. The summed E-state index contributed by atoms with van der Waals surface area (Å²) in [4.78, 5) is 11.8. The molecular weight excluding hydrogens is 256 g/mol. The number of carbonyl (C=O) groups excluding carboxylic acids is 1. The highest BCUT2D eigenvalue weighted by Crippen LogP contribution is 2.30. The molecular formula is C13H9ClO4. The average Bonchev–Trinajstić information content (AvgIpc) is 2.33. The van der Waals surface area contributed by atoms with Gasteiger partial charge in [-0.15, -0.1) is 0 Å². The lowest BCUT2D eigenvalue weighted by Gasteiger charge is -2.07. The zero-order valence-electron chi connectivity index (χ0n) is 9.13. The van der Waals surface area contributed by atoms with E-state index in [0.717, 1.165) is 6.07 Å². The van der Waals surface area contributed by atoms with E-state index in [-0.39, 0.29) is 27.8 Å². The molecule has 0 unspecified atom stereocenters. The molecule has 0 heterocycles. The summed E-state index contributed by atoms with van der Waals surface area (Å²) in [6.45, 7) is 0. The molecule has 0 saturated heterocycles. The SMILES string of the molecule is O=C(Oc1ccc(O)cc1O)c1ccccc1Cl. The number of phenols is 2. The summed E-state index contributed by atoms with van der Waals surface area (Å²) in [6, 6.07) is 10.1. The maximum absolute atomic E-state index is 11.8. The summed E-state index contributed by atoms with van der Waals surface area (Å²) >= 11 is 5.85. The molecule has 2 aromatic carbocycles. The van der Waals surface area contributed by atoms with Crippen molar-refractivity contribution in [2.45, 2.75) is 0 Å². The van der Waals surface area contributed by atoms with Crippen molar-refractivity contribution < 1.29 is 19.7 Å². The van der Waals surface area contributed by atoms with Crippen LogP contribution in [0, 0.1) is 0 Å². The lowest BCUT2D eigenvalue weighted by atomic mass is 10.2. The third-order valence-corrected chi connectivity index (χ3v) is 2.57. The predicted molar refractivity (Wildman–Crippen MR) is 66.2 cm³/mol. The maximum Gasteiger partial charge on any atom is 0.345 e. The molecule has 0 aromatic heterocycles. The molecule has 0 aliphatic carbocycles. The van der Waals surface area contributed by atoms with Crippen molar-refractivity contribution in [1.82, 2.24) is 0 Å². The highest BCUT2D eigenvalue weighted by atomic mass is 35.5. The van der Waals surface area contributed by atoms with Crippen molar-refractivity contribution in [2.75, 3.05) is 0 Å². The first kappa shape index (κ1) is 12.3. The number of hydrogen-bond acceptors (Lipinski definition) is 4. The predicted octanol–water partition coefficient (Wildman–Crippen LogP) is 2.97. The van der Waals surface area contributed by atoms with Gasteiger partial charge in [0.25, 0.3) is 0 Å². The lowest BCUT2D eigenvalue weighted by Crippen LogP contribution is -2.09. The molecule has 18 heavy (non-hydrogen) atoms. The van der Waals surface area contributed by atoms with Crippen molar-refractivity contribution in [2.24, 2.45) is 0 Å². The van der Waals surface area contributed by atoms with Crippen molar-refractivity contribution in [1.29, 1.82) is 0 Å². The minimum absolute atomic E-state index is 0.0438. The Kier molecular flexibility index (Phi) is 3.39. The van der Waals surface area contributed by atoms with Crippen molar-refractivity contribution >= 4 is 17.6 Å². The Morgan fingerprint density at radius 2 is 1.83 bits per heavy atom. The highest BCUT2D eigenvalue weighted by Gasteiger charge is 2.14. The fourth-order valence-corrected chi connectivity index (χ4v) is 1.59. The van der Waals surface area contributed by atoms with Crippen LogP contribution in [0.2, 0.25) is 5.02 Å². The van der Waals surface area contributed by atoms with Crippen LogP contribution in [0.4, 0.5) is 0 Å². The van der Waals surface area contributed by atoms with E-state index in [9.17, 15) is 9.90 Å². The van der Waals surface area contributed by atoms with Crippen LogP contribution in [0.25, 0.3) is 0 Å². The van der Waals surface area contributed by atoms with Crippen LogP contribution in [-0.4, -0.2) is 16.2 Å². The van der Waals surface area contributed by atoms with Gasteiger partial charge in [-0.3, -0.25) is 0 Å². The van der Waals surface area contributed by atoms with Crippen LogP contribution >= 0.6 is 11.6 Å². The van der Waals surface area contributed by atoms with Crippen molar-refractivity contribution in [3.05, 3.63) is 53.1 Å². The summed E-state index contributed by atoms with van der Waals surface area (Å²) in [7, 11) is 0. The van der Waals surface area contributed by atoms with Crippen LogP contribution in [0.5, 0.6) is 17.2 Å². The van der Waals surface area contributed by atoms with Crippen molar-refractivity contribution in [3.8, 4) is 17.2 Å². The van der Waals surface area contributed by atoms with E-state index in [2.05, 4.69) is 0 Å². The van der Waals surface area contributed by atoms with Gasteiger partial charge >= 0.3 is 5.97 Å². The molecule has 0 spiro atoms. The van der Waals surface area contributed by atoms with Crippen LogP contribution in [-0.2, 0) is 0 Å². The number of aromatic hydroxyl groups is 2. The first-order valence-corrected chi connectivity index (χ1v) is 5.44. The number of rotatable bonds is 2. The fourth-order valence-electron chi connectivity index (χ4n) is 1.37. The Morgan fingerprint density at radius 3 is 2.50 bits per heavy atom. The summed E-state index contributed by atoms with van der Waals surface area (Å²) in [5.41, 5.74) is 0.201. The summed E-state index contributed by atoms with van der Waals surface area (Å²) in [5.74, 6) is -1.17. The topological polar surface area (TPSA) is 66.8 Å². The molecule has 2 N–H and O–H groups in total. The minimum Gasteiger partial charge on any atom is -0.508 e. The molecule has 0 amide bonds. The normalized spacial score (nSPS) is 10.1. The molecule has 0 aliphatic rings. The first-order chi connectivity index (χ1) is 8.58. The maximum atomic E-state index is 11.8. The number of halogens is 1. The van der Waals surface area contributed by atoms with Gasteiger partial charge in [0, 0.05) is 6.07 Å². The fraction of sp³-hybridized carbons (Fsp3) is 0. The molecule has 2 aromatic rings. The van der Waals surface area contributed by atoms with Crippen LogP contribution in [0.1, 0.15) is 10.4 Å². The van der Waals surface area contributed by atoms with E-state index in [1.807, 2.05) is 0 Å². The van der Waals surface area contributed by atoms with E-state index in [1.165, 1.54) is 18.2 Å². The van der Waals surface area contributed by atoms with Gasteiger partial charge in [0.2, 0.25) is 0 Å². The van der Waals surface area contributed by atoms with Crippen LogP contribution in [0.15, 0.2) is 42.5 Å². The number of benzene rings is 2. The quantitative estimate of drug-likeness (QED) is 0.646. The average molecular weight is 265 g/mol. The largest absolute Gasteiger partial charge is 0.508 e. The van der Waals surface area contributed by atoms with Gasteiger partial charge in [0.1, 0.15) is 5.75 Å². The van der Waals surface area contributed by atoms with Gasteiger partial charge < -0.3 is 14.9 Å². The van der Waals surface area contributed by atoms with Crippen LogP contribution in [0.3, 0.4) is 0 Å². The summed E-state index contributed by atoms with van der Waals surface area (Å²) in [5, 5.41) is 18.9. The van der Waals surface area contributed by atoms with E-state index in [4.69, 9.17) is 21.4 Å². The zero-order valence-corrected chi connectivity index (χ0v) is 9.89. The van der Waals surface area contributed by atoms with Gasteiger partial charge in [-0.1, -0.05) is 23.7 Å². The van der Waals surface area contributed by atoms with Gasteiger partial charge in [0.05, 0.1) is 10.6 Å². The van der Waals surface area contributed by atoms with Crippen molar-refractivity contribution in [3.63, 3.8) is 0 Å². The second-order valence-electron chi connectivity index (χ2n) is 3.52. The zero-order chi connectivity index (χ0) is 13.1. The Bertz CT molecular complexity index is 595. The third kappa shape index (κ3) is 2.55. The van der Waals surface area contributed by atoms with Gasteiger partial charge in [0.15, 0.2) is 11.5 Å². The van der Waals surface area contributed by atoms with E-state index in [0.29, 0.717) is 0 Å². The number of phenolic OH excluding ortho intramolecular Hbond substituents is 2. The third-order valence-electron chi connectivity index (χ3n) is 2.24. The second kappa shape index (κ2) is 4.98. The highest BCUT2D eigenvalue weighted by molar-refractivity contribution is 6.33. The van der Waals surface area contributed by atoms with Gasteiger partial charge in [-0.2, -0.15) is 0 Å². The molecule has 4 nitrogen and oxygen atoms in total. The number of ether oxygens (including phenoxy) is 1. The van der Waals surface area contributed by atoms with Gasteiger partial charge in [-0.25, -0.2) is 4.79 Å². The summed E-state index contributed by atoms with van der Waals surface area (Å²) < 4.78 is 4.98. The van der Waals surface area contributed by atoms with E-state index in [1.54, 1.807) is 18.2 Å². The minimum atomic E-state index is -0.679. The Labute approximate surface area is 108 Å². The monoisotopic (exact) mass is 264 g/mol. The molecule has 92 valence electrons.